The lowest BCUT2D eigenvalue weighted by Crippen LogP contribution is -2.45. The zero-order chi connectivity index (χ0) is 13.9. The van der Waals surface area contributed by atoms with Gasteiger partial charge in [0.25, 0.3) is 5.69 Å². The van der Waals surface area contributed by atoms with E-state index in [0.29, 0.717) is 23.1 Å². The number of nitro benzene ring substituents is 1. The molecule has 0 amide bonds. The van der Waals surface area contributed by atoms with Crippen LogP contribution >= 0.6 is 15.9 Å². The van der Waals surface area contributed by atoms with Crippen LogP contribution in [0.4, 0.5) is 5.69 Å². The predicted molar refractivity (Wildman–Crippen MR) is 73.3 cm³/mol. The van der Waals surface area contributed by atoms with E-state index in [1.807, 2.05) is 0 Å². The molecule has 0 atom stereocenters. The summed E-state index contributed by atoms with van der Waals surface area (Å²) in [6.07, 6.45) is 1.23. The minimum atomic E-state index is -0.859. The van der Waals surface area contributed by atoms with Crippen LogP contribution in [0.15, 0.2) is 22.7 Å². The Morgan fingerprint density at radius 3 is 2.74 bits per heavy atom. The van der Waals surface area contributed by atoms with Gasteiger partial charge in [0, 0.05) is 10.5 Å². The van der Waals surface area contributed by atoms with Gasteiger partial charge in [-0.1, -0.05) is 15.9 Å². The van der Waals surface area contributed by atoms with Crippen LogP contribution in [0.2, 0.25) is 0 Å². The van der Waals surface area contributed by atoms with Crippen LogP contribution in [-0.4, -0.2) is 35.3 Å². The Morgan fingerprint density at radius 2 is 2.11 bits per heavy atom. The van der Waals surface area contributed by atoms with Crippen LogP contribution in [0.5, 0.6) is 5.75 Å². The Bertz CT molecular complexity index is 475. The van der Waals surface area contributed by atoms with Crippen molar-refractivity contribution in [1.82, 2.24) is 5.32 Å². The molecule has 0 radical (unpaired) electrons. The third-order valence-corrected chi connectivity index (χ3v) is 3.57. The zero-order valence-electron chi connectivity index (χ0n) is 10.3. The SMILES string of the molecule is O=[N+]([O-])c1cc(Br)cc(OCC2(O)CCNCC2)c1. The maximum Gasteiger partial charge on any atom is 0.274 e. The van der Waals surface area contributed by atoms with Crippen molar-refractivity contribution in [2.75, 3.05) is 19.7 Å². The molecule has 1 aromatic carbocycles. The summed E-state index contributed by atoms with van der Waals surface area (Å²) in [5.74, 6) is 0.382. The fourth-order valence-corrected chi connectivity index (χ4v) is 2.45. The van der Waals surface area contributed by atoms with Gasteiger partial charge < -0.3 is 15.2 Å². The fourth-order valence-electron chi connectivity index (χ4n) is 1.99. The van der Waals surface area contributed by atoms with Gasteiger partial charge in [-0.2, -0.15) is 0 Å². The van der Waals surface area contributed by atoms with Gasteiger partial charge in [-0.25, -0.2) is 0 Å². The third-order valence-electron chi connectivity index (χ3n) is 3.11. The quantitative estimate of drug-likeness (QED) is 0.650. The number of non-ortho nitro benzene ring substituents is 1. The number of ether oxygens (including phenoxy) is 1. The summed E-state index contributed by atoms with van der Waals surface area (Å²) in [4.78, 5) is 10.3. The van der Waals surface area contributed by atoms with Gasteiger partial charge in [0.15, 0.2) is 0 Å². The highest BCUT2D eigenvalue weighted by atomic mass is 79.9. The molecule has 104 valence electrons. The minimum absolute atomic E-state index is 0.0401. The number of nitro groups is 1. The fraction of sp³-hybridized carbons (Fsp3) is 0.500. The Labute approximate surface area is 119 Å². The second-order valence-electron chi connectivity index (χ2n) is 4.67. The molecule has 7 heteroatoms. The first kappa shape index (κ1) is 14.2. The summed E-state index contributed by atoms with van der Waals surface area (Å²) in [6.45, 7) is 1.64. The van der Waals surface area contributed by atoms with E-state index in [-0.39, 0.29) is 12.3 Å². The standard InChI is InChI=1S/C12H15BrN2O4/c13-9-5-10(15(17)18)7-11(6-9)19-8-12(16)1-3-14-4-2-12/h5-7,14,16H,1-4,8H2. The second kappa shape index (κ2) is 5.85. The predicted octanol–water partition coefficient (Wildman–Crippen LogP) is 1.85. The van der Waals surface area contributed by atoms with Crippen molar-refractivity contribution >= 4 is 21.6 Å². The molecule has 1 aliphatic heterocycles. The average Bonchev–Trinajstić information content (AvgIpc) is 2.37. The van der Waals surface area contributed by atoms with Crippen LogP contribution in [0.3, 0.4) is 0 Å². The van der Waals surface area contributed by atoms with Crippen LogP contribution < -0.4 is 10.1 Å². The minimum Gasteiger partial charge on any atom is -0.490 e. The first-order valence-electron chi connectivity index (χ1n) is 5.99. The summed E-state index contributed by atoms with van der Waals surface area (Å²) in [6, 6.07) is 4.42. The van der Waals surface area contributed by atoms with Crippen molar-refractivity contribution in [2.24, 2.45) is 0 Å². The lowest BCUT2D eigenvalue weighted by atomic mass is 9.93. The van der Waals surface area contributed by atoms with Crippen molar-refractivity contribution in [3.05, 3.63) is 32.8 Å². The second-order valence-corrected chi connectivity index (χ2v) is 5.58. The van der Waals surface area contributed by atoms with E-state index in [9.17, 15) is 15.2 Å². The van der Waals surface area contributed by atoms with Crippen molar-refractivity contribution in [3.63, 3.8) is 0 Å². The molecule has 1 saturated heterocycles. The number of aliphatic hydroxyl groups is 1. The summed E-state index contributed by atoms with van der Waals surface area (Å²) in [5.41, 5.74) is -0.899. The van der Waals surface area contributed by atoms with Crippen molar-refractivity contribution < 1.29 is 14.8 Å². The smallest absolute Gasteiger partial charge is 0.274 e. The van der Waals surface area contributed by atoms with Gasteiger partial charge in [0.05, 0.1) is 11.0 Å². The van der Waals surface area contributed by atoms with Gasteiger partial charge in [-0.05, 0) is 32.0 Å². The average molecular weight is 331 g/mol. The van der Waals surface area contributed by atoms with Gasteiger partial charge in [0.1, 0.15) is 18.0 Å². The molecule has 2 N–H and O–H groups in total. The van der Waals surface area contributed by atoms with Crippen LogP contribution in [0.25, 0.3) is 0 Å². The number of nitrogens with one attached hydrogen (secondary N) is 1. The van der Waals surface area contributed by atoms with Crippen LogP contribution in [0, 0.1) is 10.1 Å². The van der Waals surface area contributed by atoms with Crippen molar-refractivity contribution in [3.8, 4) is 5.75 Å². The van der Waals surface area contributed by atoms with E-state index < -0.39 is 10.5 Å². The Kier molecular flexibility index (Phi) is 4.38. The Hall–Kier alpha value is -1.18. The van der Waals surface area contributed by atoms with E-state index in [4.69, 9.17) is 4.74 Å². The van der Waals surface area contributed by atoms with Crippen molar-refractivity contribution in [2.45, 2.75) is 18.4 Å². The highest BCUT2D eigenvalue weighted by Gasteiger charge is 2.30. The highest BCUT2D eigenvalue weighted by Crippen LogP contribution is 2.27. The number of halogens is 1. The molecule has 0 saturated carbocycles. The molecule has 1 heterocycles. The molecule has 1 aliphatic rings. The normalized spacial score (nSPS) is 18.0. The van der Waals surface area contributed by atoms with E-state index in [1.165, 1.54) is 12.1 Å². The van der Waals surface area contributed by atoms with E-state index in [1.54, 1.807) is 6.07 Å². The van der Waals surface area contributed by atoms with E-state index in [0.717, 1.165) is 13.1 Å². The maximum absolute atomic E-state index is 10.7. The molecule has 0 aliphatic carbocycles. The molecular weight excluding hydrogens is 316 g/mol. The largest absolute Gasteiger partial charge is 0.490 e. The summed E-state index contributed by atoms with van der Waals surface area (Å²) in [7, 11) is 0. The maximum atomic E-state index is 10.7. The van der Waals surface area contributed by atoms with Crippen LogP contribution in [0.1, 0.15) is 12.8 Å². The van der Waals surface area contributed by atoms with E-state index >= 15 is 0 Å². The van der Waals surface area contributed by atoms with Gasteiger partial charge in [-0.3, -0.25) is 10.1 Å². The third kappa shape index (κ3) is 3.89. The topological polar surface area (TPSA) is 84.6 Å². The molecule has 0 bridgehead atoms. The highest BCUT2D eigenvalue weighted by molar-refractivity contribution is 9.10. The lowest BCUT2D eigenvalue weighted by Gasteiger charge is -2.32. The molecule has 1 fully saturated rings. The number of hydrogen-bond acceptors (Lipinski definition) is 5. The monoisotopic (exact) mass is 330 g/mol. The molecular formula is C12H15BrN2O4. The summed E-state index contributed by atoms with van der Waals surface area (Å²) in [5, 5.41) is 24.2. The van der Waals surface area contributed by atoms with Crippen LogP contribution in [-0.2, 0) is 0 Å². The number of benzene rings is 1. The van der Waals surface area contributed by atoms with Gasteiger partial charge >= 0.3 is 0 Å². The summed E-state index contributed by atoms with van der Waals surface area (Å²) >= 11 is 3.20. The number of hydrogen-bond donors (Lipinski definition) is 2. The number of piperidine rings is 1. The molecule has 1 aromatic rings. The van der Waals surface area contributed by atoms with E-state index in [2.05, 4.69) is 21.2 Å². The summed E-state index contributed by atoms with van der Waals surface area (Å²) < 4.78 is 6.09. The number of rotatable bonds is 4. The molecule has 19 heavy (non-hydrogen) atoms. The Morgan fingerprint density at radius 1 is 1.42 bits per heavy atom. The molecule has 2 rings (SSSR count). The van der Waals surface area contributed by atoms with Crippen molar-refractivity contribution in [1.29, 1.82) is 0 Å². The zero-order valence-corrected chi connectivity index (χ0v) is 11.9. The molecule has 6 nitrogen and oxygen atoms in total. The first-order chi connectivity index (χ1) is 8.98. The number of nitrogens with zero attached hydrogens (tertiary/aromatic N) is 1. The molecule has 0 aromatic heterocycles. The van der Waals surface area contributed by atoms with Gasteiger partial charge in [0.2, 0.25) is 0 Å². The first-order valence-corrected chi connectivity index (χ1v) is 6.79. The molecule has 0 unspecified atom stereocenters. The lowest BCUT2D eigenvalue weighted by molar-refractivity contribution is -0.385. The molecule has 0 spiro atoms. The van der Waals surface area contributed by atoms with Gasteiger partial charge in [-0.15, -0.1) is 0 Å². The Balaban J connectivity index is 2.04.